The maximum absolute atomic E-state index is 14.1. The van der Waals surface area contributed by atoms with Crippen LogP contribution in [0, 0.1) is 13.8 Å². The maximum atomic E-state index is 14.1. The molecule has 0 aliphatic carbocycles. The van der Waals surface area contributed by atoms with Crippen molar-refractivity contribution in [3.63, 3.8) is 0 Å². The molecular weight excluding hydrogens is 569 g/mol. The van der Waals surface area contributed by atoms with Gasteiger partial charge in [0.2, 0.25) is 11.8 Å². The number of sulfonamides is 1. The van der Waals surface area contributed by atoms with E-state index in [4.69, 9.17) is 23.2 Å². The summed E-state index contributed by atoms with van der Waals surface area (Å²) in [5.41, 5.74) is 2.90. The van der Waals surface area contributed by atoms with Crippen LogP contribution in [0.15, 0.2) is 71.6 Å². The molecule has 2 amide bonds. The lowest BCUT2D eigenvalue weighted by Crippen LogP contribution is -2.52. The van der Waals surface area contributed by atoms with Gasteiger partial charge in [0.05, 0.1) is 20.6 Å². The molecule has 0 spiro atoms. The number of hydrogen-bond acceptors (Lipinski definition) is 4. The van der Waals surface area contributed by atoms with E-state index in [0.29, 0.717) is 34.3 Å². The first-order valence-electron chi connectivity index (χ1n) is 13.2. The van der Waals surface area contributed by atoms with E-state index >= 15 is 0 Å². The number of carbonyl (C=O) groups is 2. The molecule has 0 fully saturated rings. The van der Waals surface area contributed by atoms with Crippen molar-refractivity contribution in [3.05, 3.63) is 93.5 Å². The van der Waals surface area contributed by atoms with Crippen molar-refractivity contribution < 1.29 is 18.0 Å². The lowest BCUT2D eigenvalue weighted by molar-refractivity contribution is -0.140. The van der Waals surface area contributed by atoms with Crippen LogP contribution in [0.25, 0.3) is 0 Å². The van der Waals surface area contributed by atoms with Crippen LogP contribution >= 0.6 is 23.2 Å². The van der Waals surface area contributed by atoms with Crippen molar-refractivity contribution in [2.24, 2.45) is 0 Å². The molecule has 0 heterocycles. The Balaban J connectivity index is 2.08. The number of halogens is 2. The zero-order valence-corrected chi connectivity index (χ0v) is 25.5. The van der Waals surface area contributed by atoms with Gasteiger partial charge in [0.25, 0.3) is 10.0 Å². The maximum Gasteiger partial charge on any atom is 0.264 e. The van der Waals surface area contributed by atoms with E-state index in [1.807, 2.05) is 33.8 Å². The average Bonchev–Trinajstić information content (AvgIpc) is 2.94. The van der Waals surface area contributed by atoms with E-state index in [9.17, 15) is 18.0 Å². The number of hydrogen-bond donors (Lipinski definition) is 1. The van der Waals surface area contributed by atoms with Crippen LogP contribution in [0.2, 0.25) is 10.0 Å². The fraction of sp³-hybridized carbons (Fsp3) is 0.333. The number of anilines is 1. The SMILES string of the molecule is CCCNC(=O)[C@H](CC)N(Cc1ccc(Cl)c(Cl)c1)C(=O)CN(c1ccc(C)c(C)c1)S(=O)(=O)c1ccccc1. The highest BCUT2D eigenvalue weighted by Gasteiger charge is 2.33. The lowest BCUT2D eigenvalue weighted by atomic mass is 10.1. The van der Waals surface area contributed by atoms with Crippen LogP contribution in [0.1, 0.15) is 43.4 Å². The third-order valence-electron chi connectivity index (χ3n) is 6.66. The fourth-order valence-electron chi connectivity index (χ4n) is 4.25. The average molecular weight is 605 g/mol. The molecule has 0 aliphatic heterocycles. The molecule has 0 aliphatic rings. The summed E-state index contributed by atoms with van der Waals surface area (Å²) in [6, 6.07) is 17.4. The predicted octanol–water partition coefficient (Wildman–Crippen LogP) is 6.14. The van der Waals surface area contributed by atoms with Crippen molar-refractivity contribution in [2.45, 2.75) is 58.0 Å². The zero-order valence-electron chi connectivity index (χ0n) is 23.2. The first-order chi connectivity index (χ1) is 19.0. The predicted molar refractivity (Wildman–Crippen MR) is 161 cm³/mol. The number of benzene rings is 3. The van der Waals surface area contributed by atoms with Crippen molar-refractivity contribution in [3.8, 4) is 0 Å². The Bertz CT molecular complexity index is 1450. The Kier molecular flexibility index (Phi) is 11.0. The normalized spacial score (nSPS) is 12.1. The number of aryl methyl sites for hydroxylation is 2. The highest BCUT2D eigenvalue weighted by Crippen LogP contribution is 2.28. The molecule has 0 radical (unpaired) electrons. The van der Waals surface area contributed by atoms with Gasteiger partial charge in [-0.15, -0.1) is 0 Å². The van der Waals surface area contributed by atoms with E-state index in [-0.39, 0.29) is 17.3 Å². The smallest absolute Gasteiger partial charge is 0.264 e. The van der Waals surface area contributed by atoms with Crippen molar-refractivity contribution in [1.29, 1.82) is 0 Å². The molecule has 10 heteroatoms. The molecule has 0 saturated carbocycles. The molecule has 0 unspecified atom stereocenters. The molecule has 3 aromatic rings. The third kappa shape index (κ3) is 7.56. The molecule has 214 valence electrons. The van der Waals surface area contributed by atoms with Gasteiger partial charge in [-0.25, -0.2) is 8.42 Å². The molecule has 0 aromatic heterocycles. The minimum atomic E-state index is -4.12. The van der Waals surface area contributed by atoms with E-state index < -0.39 is 28.5 Å². The van der Waals surface area contributed by atoms with Crippen LogP contribution in [0.5, 0.6) is 0 Å². The van der Waals surface area contributed by atoms with Gasteiger partial charge in [-0.05, 0) is 79.8 Å². The van der Waals surface area contributed by atoms with Crippen LogP contribution in [0.3, 0.4) is 0 Å². The van der Waals surface area contributed by atoms with Crippen LogP contribution in [-0.2, 0) is 26.2 Å². The van der Waals surface area contributed by atoms with Crippen molar-refractivity contribution in [1.82, 2.24) is 10.2 Å². The summed E-state index contributed by atoms with van der Waals surface area (Å²) >= 11 is 12.3. The van der Waals surface area contributed by atoms with Crippen molar-refractivity contribution in [2.75, 3.05) is 17.4 Å². The quantitative estimate of drug-likeness (QED) is 0.269. The first-order valence-corrected chi connectivity index (χ1v) is 15.3. The minimum absolute atomic E-state index is 0.0416. The number of nitrogens with one attached hydrogen (secondary N) is 1. The number of carbonyl (C=O) groups excluding carboxylic acids is 2. The second-order valence-corrected chi connectivity index (χ2v) is 12.3. The molecular formula is C30H35Cl2N3O4S. The Hall–Kier alpha value is -3.07. The van der Waals surface area contributed by atoms with Gasteiger partial charge in [-0.2, -0.15) is 0 Å². The third-order valence-corrected chi connectivity index (χ3v) is 9.19. The molecule has 40 heavy (non-hydrogen) atoms. The highest BCUT2D eigenvalue weighted by molar-refractivity contribution is 7.92. The van der Waals surface area contributed by atoms with E-state index in [2.05, 4.69) is 5.32 Å². The number of amides is 2. The Morgan fingerprint density at radius 1 is 0.900 bits per heavy atom. The fourth-order valence-corrected chi connectivity index (χ4v) is 6.00. The summed E-state index contributed by atoms with van der Waals surface area (Å²) in [7, 11) is -4.12. The van der Waals surface area contributed by atoms with Gasteiger partial charge in [-0.1, -0.05) is 67.4 Å². The van der Waals surface area contributed by atoms with E-state index in [1.165, 1.54) is 17.0 Å². The number of rotatable bonds is 12. The summed E-state index contributed by atoms with van der Waals surface area (Å²) in [6.07, 6.45) is 1.07. The topological polar surface area (TPSA) is 86.8 Å². The molecule has 0 bridgehead atoms. The second-order valence-electron chi connectivity index (χ2n) is 9.58. The molecule has 7 nitrogen and oxygen atoms in total. The van der Waals surface area contributed by atoms with E-state index in [0.717, 1.165) is 21.9 Å². The summed E-state index contributed by atoms with van der Waals surface area (Å²) < 4.78 is 28.9. The Morgan fingerprint density at radius 3 is 2.20 bits per heavy atom. The van der Waals surface area contributed by atoms with Crippen molar-refractivity contribution >= 4 is 50.7 Å². The molecule has 1 N–H and O–H groups in total. The highest BCUT2D eigenvalue weighted by atomic mass is 35.5. The lowest BCUT2D eigenvalue weighted by Gasteiger charge is -2.33. The van der Waals surface area contributed by atoms with Gasteiger partial charge < -0.3 is 10.2 Å². The van der Waals surface area contributed by atoms with Gasteiger partial charge >= 0.3 is 0 Å². The zero-order chi connectivity index (χ0) is 29.4. The largest absolute Gasteiger partial charge is 0.354 e. The van der Waals surface area contributed by atoms with Crippen LogP contribution in [-0.4, -0.2) is 44.3 Å². The van der Waals surface area contributed by atoms with Crippen LogP contribution < -0.4 is 9.62 Å². The van der Waals surface area contributed by atoms with Gasteiger partial charge in [0.1, 0.15) is 12.6 Å². The Morgan fingerprint density at radius 2 is 1.60 bits per heavy atom. The summed E-state index contributed by atoms with van der Waals surface area (Å²) in [4.78, 5) is 28.7. The number of nitrogens with zero attached hydrogens (tertiary/aromatic N) is 2. The van der Waals surface area contributed by atoms with Crippen LogP contribution in [0.4, 0.5) is 5.69 Å². The van der Waals surface area contributed by atoms with Gasteiger partial charge in [0, 0.05) is 13.1 Å². The molecule has 3 aromatic carbocycles. The summed E-state index contributed by atoms with van der Waals surface area (Å²) in [5, 5.41) is 3.55. The summed E-state index contributed by atoms with van der Waals surface area (Å²) in [5.74, 6) is -0.830. The molecule has 3 rings (SSSR count). The molecule has 0 saturated heterocycles. The second kappa shape index (κ2) is 14.0. The Labute approximate surface area is 247 Å². The first kappa shape index (κ1) is 31.5. The van der Waals surface area contributed by atoms with Gasteiger partial charge in [-0.3, -0.25) is 13.9 Å². The minimum Gasteiger partial charge on any atom is -0.354 e. The van der Waals surface area contributed by atoms with E-state index in [1.54, 1.807) is 48.5 Å². The molecule has 1 atom stereocenters. The summed E-state index contributed by atoms with van der Waals surface area (Å²) in [6.45, 7) is 7.57. The monoisotopic (exact) mass is 603 g/mol. The van der Waals surface area contributed by atoms with Gasteiger partial charge in [0.15, 0.2) is 0 Å². The standard InChI is InChI=1S/C30H35Cl2N3O4S/c1-5-16-33-30(37)28(6-2)34(19-23-13-15-26(31)27(32)18-23)29(36)20-35(24-14-12-21(3)22(4)17-24)40(38,39)25-10-8-7-9-11-25/h7-15,17-18,28H,5-6,16,19-20H2,1-4H3,(H,33,37)/t28-/m0/s1.